The summed E-state index contributed by atoms with van der Waals surface area (Å²) >= 11 is 0. The highest BCUT2D eigenvalue weighted by molar-refractivity contribution is 5.78. The van der Waals surface area contributed by atoms with E-state index in [1.54, 1.807) is 6.20 Å². The quantitative estimate of drug-likeness (QED) is 0.823. The predicted octanol–water partition coefficient (Wildman–Crippen LogP) is 1.25. The van der Waals surface area contributed by atoms with Crippen LogP contribution in [0.25, 0.3) is 0 Å². The summed E-state index contributed by atoms with van der Waals surface area (Å²) in [5.74, 6) is 0.597. The van der Waals surface area contributed by atoms with Gasteiger partial charge in [-0.3, -0.25) is 14.5 Å². The Balaban J connectivity index is 1.39. The number of aryl methyl sites for hydroxylation is 1. The highest BCUT2D eigenvalue weighted by Gasteiger charge is 2.36. The van der Waals surface area contributed by atoms with Gasteiger partial charge in [0.2, 0.25) is 5.91 Å². The van der Waals surface area contributed by atoms with Crippen molar-refractivity contribution in [2.75, 3.05) is 37.6 Å². The lowest BCUT2D eigenvalue weighted by Gasteiger charge is -2.43. The van der Waals surface area contributed by atoms with E-state index in [0.717, 1.165) is 29.8 Å². The molecule has 30 heavy (non-hydrogen) atoms. The molecule has 5 rings (SSSR count). The molecule has 158 valence electrons. The molecule has 0 unspecified atom stereocenters. The molecule has 2 aromatic heterocycles. The molecule has 7 nitrogen and oxygen atoms in total. The van der Waals surface area contributed by atoms with Crippen LogP contribution in [0.2, 0.25) is 0 Å². The standard InChI is InChI=1S/C22H26FN5O2/c1-14-6-18(23)21(25-8-14)27-9-15-7-17(12-27)19-3-2-16(22(30)28(19)10-15)11-26-5-4-24-20(29)13-26/h2-3,6,8,15,17H,4-5,7,9-13H2,1H3,(H,24,29)/t15-,17+/m0/s1. The molecule has 0 radical (unpaired) electrons. The zero-order valence-electron chi connectivity index (χ0n) is 17.1. The third kappa shape index (κ3) is 3.49. The van der Waals surface area contributed by atoms with E-state index >= 15 is 0 Å². The lowest BCUT2D eigenvalue weighted by molar-refractivity contribution is -0.124. The van der Waals surface area contributed by atoms with Gasteiger partial charge in [-0.05, 0) is 37.0 Å². The summed E-state index contributed by atoms with van der Waals surface area (Å²) in [6.45, 7) is 6.03. The van der Waals surface area contributed by atoms with Crippen molar-refractivity contribution < 1.29 is 9.18 Å². The molecule has 2 aromatic rings. The van der Waals surface area contributed by atoms with Gasteiger partial charge in [0.25, 0.3) is 5.56 Å². The second-order valence-electron chi connectivity index (χ2n) is 8.78. The number of nitrogens with zero attached hydrogens (tertiary/aromatic N) is 4. The number of nitrogens with one attached hydrogen (secondary N) is 1. The van der Waals surface area contributed by atoms with Crippen LogP contribution >= 0.6 is 0 Å². The van der Waals surface area contributed by atoms with Gasteiger partial charge in [0, 0.05) is 62.6 Å². The van der Waals surface area contributed by atoms with Crippen molar-refractivity contribution in [1.82, 2.24) is 19.8 Å². The van der Waals surface area contributed by atoms with Crippen molar-refractivity contribution in [3.63, 3.8) is 0 Å². The number of pyridine rings is 2. The van der Waals surface area contributed by atoms with E-state index in [9.17, 15) is 14.0 Å². The fourth-order valence-corrected chi connectivity index (χ4v) is 5.11. The van der Waals surface area contributed by atoms with Crippen molar-refractivity contribution in [2.24, 2.45) is 5.92 Å². The van der Waals surface area contributed by atoms with E-state index in [4.69, 9.17) is 0 Å². The minimum absolute atomic E-state index is 0.00545. The van der Waals surface area contributed by atoms with Gasteiger partial charge in [-0.25, -0.2) is 9.37 Å². The van der Waals surface area contributed by atoms with Crippen LogP contribution in [0.5, 0.6) is 0 Å². The highest BCUT2D eigenvalue weighted by Crippen LogP contribution is 2.37. The minimum Gasteiger partial charge on any atom is -0.354 e. The Morgan fingerprint density at radius 3 is 2.90 bits per heavy atom. The Hall–Kier alpha value is -2.74. The number of piperidine rings is 1. The largest absolute Gasteiger partial charge is 0.354 e. The molecule has 3 aliphatic heterocycles. The van der Waals surface area contributed by atoms with Gasteiger partial charge in [0.1, 0.15) is 0 Å². The molecular formula is C22H26FN5O2. The van der Waals surface area contributed by atoms with E-state index in [2.05, 4.69) is 10.3 Å². The van der Waals surface area contributed by atoms with Crippen LogP contribution in [0.4, 0.5) is 10.2 Å². The van der Waals surface area contributed by atoms with Gasteiger partial charge in [0.05, 0.1) is 6.54 Å². The third-order valence-corrected chi connectivity index (χ3v) is 6.45. The molecule has 8 heteroatoms. The van der Waals surface area contributed by atoms with E-state index in [-0.39, 0.29) is 29.1 Å². The zero-order chi connectivity index (χ0) is 20.8. The number of carbonyl (C=O) groups excluding carboxylic acids is 1. The summed E-state index contributed by atoms with van der Waals surface area (Å²) in [6, 6.07) is 5.48. The summed E-state index contributed by atoms with van der Waals surface area (Å²) in [5, 5.41) is 2.81. The Labute approximate surface area is 174 Å². The number of hydrogen-bond donors (Lipinski definition) is 1. The van der Waals surface area contributed by atoms with Crippen LogP contribution in [0.3, 0.4) is 0 Å². The number of amides is 1. The molecule has 0 aliphatic carbocycles. The Morgan fingerprint density at radius 2 is 2.10 bits per heavy atom. The van der Waals surface area contributed by atoms with Gasteiger partial charge in [-0.15, -0.1) is 0 Å². The molecule has 1 N–H and O–H groups in total. The van der Waals surface area contributed by atoms with Crippen molar-refractivity contribution in [3.05, 3.63) is 57.4 Å². The van der Waals surface area contributed by atoms with Crippen LogP contribution in [0.15, 0.2) is 29.2 Å². The molecule has 2 atom stereocenters. The number of piperazine rings is 1. The molecule has 2 bridgehead atoms. The number of rotatable bonds is 3. The monoisotopic (exact) mass is 411 g/mol. The van der Waals surface area contributed by atoms with Crippen molar-refractivity contribution in [2.45, 2.75) is 32.4 Å². The summed E-state index contributed by atoms with van der Waals surface area (Å²) in [5.41, 5.74) is 2.61. The maximum atomic E-state index is 14.5. The first-order valence-electron chi connectivity index (χ1n) is 10.6. The molecule has 5 heterocycles. The fourth-order valence-electron chi connectivity index (χ4n) is 5.11. The van der Waals surface area contributed by atoms with Gasteiger partial charge in [-0.2, -0.15) is 0 Å². The molecule has 0 spiro atoms. The van der Waals surface area contributed by atoms with E-state index < -0.39 is 0 Å². The molecule has 0 aromatic carbocycles. The number of carbonyl (C=O) groups is 1. The average Bonchev–Trinajstić information content (AvgIpc) is 2.70. The second-order valence-corrected chi connectivity index (χ2v) is 8.78. The van der Waals surface area contributed by atoms with Crippen molar-refractivity contribution >= 4 is 11.7 Å². The topological polar surface area (TPSA) is 70.5 Å². The molecule has 2 fully saturated rings. The zero-order valence-corrected chi connectivity index (χ0v) is 17.1. The van der Waals surface area contributed by atoms with Crippen LogP contribution in [-0.2, 0) is 17.9 Å². The fraction of sp³-hybridized carbons (Fsp3) is 0.500. The van der Waals surface area contributed by atoms with Crippen LogP contribution in [-0.4, -0.2) is 53.1 Å². The first kappa shape index (κ1) is 19.2. The molecule has 0 saturated carbocycles. The second kappa shape index (κ2) is 7.50. The SMILES string of the molecule is Cc1cnc(N2C[C@@H]3C[C@H](C2)c2ccc(CN4CCNC(=O)C4)c(=O)n2C3)c(F)c1. The van der Waals surface area contributed by atoms with Gasteiger partial charge in [-0.1, -0.05) is 6.07 Å². The van der Waals surface area contributed by atoms with E-state index in [1.807, 2.05) is 33.4 Å². The van der Waals surface area contributed by atoms with Crippen LogP contribution in [0.1, 0.15) is 29.2 Å². The van der Waals surface area contributed by atoms with Crippen molar-refractivity contribution in [1.29, 1.82) is 0 Å². The summed E-state index contributed by atoms with van der Waals surface area (Å²) in [6.07, 6.45) is 2.71. The third-order valence-electron chi connectivity index (χ3n) is 6.45. The summed E-state index contributed by atoms with van der Waals surface area (Å²) in [4.78, 5) is 33.2. The lowest BCUT2D eigenvalue weighted by atomic mass is 9.83. The maximum absolute atomic E-state index is 14.5. The Morgan fingerprint density at radius 1 is 1.23 bits per heavy atom. The average molecular weight is 411 g/mol. The molecule has 1 amide bonds. The Bertz CT molecular complexity index is 1050. The number of hydrogen-bond acceptors (Lipinski definition) is 5. The van der Waals surface area contributed by atoms with Gasteiger partial charge < -0.3 is 14.8 Å². The number of anilines is 1. The van der Waals surface area contributed by atoms with Crippen molar-refractivity contribution in [3.8, 4) is 0 Å². The maximum Gasteiger partial charge on any atom is 0.255 e. The normalized spacial score (nSPS) is 23.8. The van der Waals surface area contributed by atoms with Crippen LogP contribution in [0, 0.1) is 18.7 Å². The van der Waals surface area contributed by atoms with Gasteiger partial charge in [0.15, 0.2) is 11.6 Å². The molecule has 3 aliphatic rings. The predicted molar refractivity (Wildman–Crippen MR) is 111 cm³/mol. The highest BCUT2D eigenvalue weighted by atomic mass is 19.1. The Kier molecular flexibility index (Phi) is 4.81. The van der Waals surface area contributed by atoms with Gasteiger partial charge >= 0.3 is 0 Å². The van der Waals surface area contributed by atoms with E-state index in [0.29, 0.717) is 45.1 Å². The first-order chi connectivity index (χ1) is 14.5. The first-order valence-corrected chi connectivity index (χ1v) is 10.6. The smallest absolute Gasteiger partial charge is 0.255 e. The molecule has 2 saturated heterocycles. The lowest BCUT2D eigenvalue weighted by Crippen LogP contribution is -2.49. The summed E-state index contributed by atoms with van der Waals surface area (Å²) in [7, 11) is 0. The minimum atomic E-state index is -0.284. The number of fused-ring (bicyclic) bond motifs is 4. The number of aromatic nitrogens is 2. The molecular weight excluding hydrogens is 385 g/mol. The number of halogens is 1. The van der Waals surface area contributed by atoms with Crippen LogP contribution < -0.4 is 15.8 Å². The van der Waals surface area contributed by atoms with E-state index in [1.165, 1.54) is 6.07 Å². The summed E-state index contributed by atoms with van der Waals surface area (Å²) < 4.78 is 16.4.